The number of amides is 1. The molecule has 0 aliphatic rings. The highest BCUT2D eigenvalue weighted by Crippen LogP contribution is 2.18. The van der Waals surface area contributed by atoms with Crippen molar-refractivity contribution in [3.05, 3.63) is 94.3 Å². The van der Waals surface area contributed by atoms with E-state index in [2.05, 4.69) is 61.0 Å². The summed E-state index contributed by atoms with van der Waals surface area (Å²) in [6, 6.07) is 19.8. The van der Waals surface area contributed by atoms with Crippen LogP contribution in [0.5, 0.6) is 0 Å². The number of benzene rings is 2. The van der Waals surface area contributed by atoms with Gasteiger partial charge < -0.3 is 9.47 Å². The Hall–Kier alpha value is -2.52. The lowest BCUT2D eigenvalue weighted by atomic mass is 10.1. The number of hydrogen-bond donors (Lipinski definition) is 0. The molecule has 0 saturated carbocycles. The zero-order valence-electron chi connectivity index (χ0n) is 17.3. The quantitative estimate of drug-likeness (QED) is 0.379. The van der Waals surface area contributed by atoms with Crippen molar-refractivity contribution >= 4 is 17.5 Å². The number of aromatic nitrogens is 1. The average molecular weight is 409 g/mol. The van der Waals surface area contributed by atoms with E-state index in [9.17, 15) is 4.79 Å². The Morgan fingerprint density at radius 3 is 2.62 bits per heavy atom. The molecule has 0 fully saturated rings. The summed E-state index contributed by atoms with van der Waals surface area (Å²) in [6.45, 7) is 6.46. The van der Waals surface area contributed by atoms with E-state index in [4.69, 9.17) is 11.6 Å². The largest absolute Gasteiger partial charge is 0.345 e. The van der Waals surface area contributed by atoms with Gasteiger partial charge in [-0.05, 0) is 54.8 Å². The van der Waals surface area contributed by atoms with Gasteiger partial charge in [0.2, 0.25) is 0 Å². The maximum Gasteiger partial charge on any atom is 0.254 e. The molecule has 3 aromatic rings. The van der Waals surface area contributed by atoms with Gasteiger partial charge in [-0.25, -0.2) is 0 Å². The standard InChI is InChI=1S/C25H29ClN2O/c1-3-4-7-15-28(25(29)21-12-8-13-23(26)17-21)19-24-14-9-16-27(24)18-22-11-6-5-10-20(22)2/h5-6,8-14,16-17H,3-4,7,15,18-19H2,1-2H3. The van der Waals surface area contributed by atoms with Gasteiger partial charge in [0.15, 0.2) is 0 Å². The molecule has 0 spiro atoms. The molecule has 0 aliphatic carbocycles. The van der Waals surface area contributed by atoms with Gasteiger partial charge in [-0.15, -0.1) is 0 Å². The third-order valence-electron chi connectivity index (χ3n) is 5.27. The van der Waals surface area contributed by atoms with Gasteiger partial charge in [-0.2, -0.15) is 0 Å². The molecule has 3 rings (SSSR count). The number of carbonyl (C=O) groups excluding carboxylic acids is 1. The third-order valence-corrected chi connectivity index (χ3v) is 5.50. The number of aryl methyl sites for hydroxylation is 1. The molecule has 0 unspecified atom stereocenters. The van der Waals surface area contributed by atoms with Gasteiger partial charge >= 0.3 is 0 Å². The van der Waals surface area contributed by atoms with Crippen LogP contribution in [0.1, 0.15) is 53.4 Å². The summed E-state index contributed by atoms with van der Waals surface area (Å²) in [5.41, 5.74) is 4.36. The van der Waals surface area contributed by atoms with Crippen LogP contribution in [-0.2, 0) is 13.1 Å². The summed E-state index contributed by atoms with van der Waals surface area (Å²) in [5.74, 6) is 0.0345. The average Bonchev–Trinajstić information content (AvgIpc) is 3.15. The molecule has 0 saturated heterocycles. The highest BCUT2D eigenvalue weighted by Gasteiger charge is 2.18. The van der Waals surface area contributed by atoms with Crippen molar-refractivity contribution in [3.8, 4) is 0 Å². The molecular formula is C25H29ClN2O. The number of unbranched alkanes of at least 4 members (excludes halogenated alkanes) is 2. The monoisotopic (exact) mass is 408 g/mol. The second-order valence-electron chi connectivity index (χ2n) is 7.50. The molecule has 2 aromatic carbocycles. The van der Waals surface area contributed by atoms with Crippen LogP contribution in [0.15, 0.2) is 66.9 Å². The van der Waals surface area contributed by atoms with Crippen molar-refractivity contribution in [2.75, 3.05) is 6.54 Å². The van der Waals surface area contributed by atoms with E-state index in [1.165, 1.54) is 11.1 Å². The van der Waals surface area contributed by atoms with Crippen LogP contribution in [0.4, 0.5) is 0 Å². The minimum atomic E-state index is 0.0345. The number of nitrogens with zero attached hydrogens (tertiary/aromatic N) is 2. The van der Waals surface area contributed by atoms with E-state index in [0.717, 1.165) is 38.0 Å². The number of rotatable bonds is 9. The molecule has 29 heavy (non-hydrogen) atoms. The van der Waals surface area contributed by atoms with Crippen molar-refractivity contribution in [1.29, 1.82) is 0 Å². The Morgan fingerprint density at radius 2 is 1.86 bits per heavy atom. The van der Waals surface area contributed by atoms with Gasteiger partial charge in [-0.1, -0.05) is 61.7 Å². The Balaban J connectivity index is 1.80. The van der Waals surface area contributed by atoms with E-state index in [-0.39, 0.29) is 5.91 Å². The minimum absolute atomic E-state index is 0.0345. The van der Waals surface area contributed by atoms with Crippen LogP contribution in [0.25, 0.3) is 0 Å². The lowest BCUT2D eigenvalue weighted by Crippen LogP contribution is -2.32. The van der Waals surface area contributed by atoms with Crippen molar-refractivity contribution in [2.45, 2.75) is 46.2 Å². The molecule has 3 nitrogen and oxygen atoms in total. The summed E-state index contributed by atoms with van der Waals surface area (Å²) in [7, 11) is 0. The van der Waals surface area contributed by atoms with Crippen LogP contribution >= 0.6 is 11.6 Å². The fraction of sp³-hybridized carbons (Fsp3) is 0.320. The first-order valence-electron chi connectivity index (χ1n) is 10.3. The van der Waals surface area contributed by atoms with Crippen molar-refractivity contribution in [3.63, 3.8) is 0 Å². The summed E-state index contributed by atoms with van der Waals surface area (Å²) >= 11 is 6.12. The Bertz CT molecular complexity index is 947. The molecule has 0 aliphatic heterocycles. The zero-order chi connectivity index (χ0) is 20.6. The molecule has 0 N–H and O–H groups in total. The maximum absolute atomic E-state index is 13.2. The molecule has 4 heteroatoms. The highest BCUT2D eigenvalue weighted by atomic mass is 35.5. The lowest BCUT2D eigenvalue weighted by Gasteiger charge is -2.24. The number of halogens is 1. The Kier molecular flexibility index (Phi) is 7.54. The maximum atomic E-state index is 13.2. The van der Waals surface area contributed by atoms with Crippen molar-refractivity contribution in [1.82, 2.24) is 9.47 Å². The van der Waals surface area contributed by atoms with Crippen LogP contribution in [0.3, 0.4) is 0 Å². The van der Waals surface area contributed by atoms with Crippen LogP contribution in [0.2, 0.25) is 5.02 Å². The smallest absolute Gasteiger partial charge is 0.254 e. The first-order valence-corrected chi connectivity index (χ1v) is 10.7. The van der Waals surface area contributed by atoms with Crippen LogP contribution in [-0.4, -0.2) is 21.9 Å². The molecule has 0 radical (unpaired) electrons. The Labute approximate surface area is 178 Å². The van der Waals surface area contributed by atoms with E-state index < -0.39 is 0 Å². The molecule has 0 bridgehead atoms. The fourth-order valence-corrected chi connectivity index (χ4v) is 3.71. The predicted octanol–water partition coefficient (Wildman–Crippen LogP) is 6.33. The SMILES string of the molecule is CCCCCN(Cc1cccn1Cc1ccccc1C)C(=O)c1cccc(Cl)c1. The molecule has 152 valence electrons. The second-order valence-corrected chi connectivity index (χ2v) is 7.93. The van der Waals surface area contributed by atoms with Crippen molar-refractivity contribution in [2.24, 2.45) is 0 Å². The minimum Gasteiger partial charge on any atom is -0.345 e. The Morgan fingerprint density at radius 1 is 1.03 bits per heavy atom. The lowest BCUT2D eigenvalue weighted by molar-refractivity contribution is 0.0736. The molecular weight excluding hydrogens is 380 g/mol. The number of hydrogen-bond acceptors (Lipinski definition) is 1. The summed E-state index contributed by atoms with van der Waals surface area (Å²) in [6.07, 6.45) is 5.34. The topological polar surface area (TPSA) is 25.2 Å². The number of carbonyl (C=O) groups is 1. The van der Waals surface area contributed by atoms with E-state index in [1.54, 1.807) is 12.1 Å². The van der Waals surface area contributed by atoms with E-state index in [1.807, 2.05) is 17.0 Å². The van der Waals surface area contributed by atoms with Gasteiger partial charge in [0.1, 0.15) is 0 Å². The fourth-order valence-electron chi connectivity index (χ4n) is 3.52. The molecule has 1 aromatic heterocycles. The third kappa shape index (κ3) is 5.74. The van der Waals surface area contributed by atoms with Crippen molar-refractivity contribution < 1.29 is 4.79 Å². The first kappa shape index (κ1) is 21.2. The highest BCUT2D eigenvalue weighted by molar-refractivity contribution is 6.30. The van der Waals surface area contributed by atoms with Crippen LogP contribution in [0, 0.1) is 6.92 Å². The first-order chi connectivity index (χ1) is 14.1. The van der Waals surface area contributed by atoms with Crippen LogP contribution < -0.4 is 0 Å². The molecule has 0 atom stereocenters. The zero-order valence-corrected chi connectivity index (χ0v) is 18.0. The predicted molar refractivity (Wildman–Crippen MR) is 120 cm³/mol. The van der Waals surface area contributed by atoms with E-state index in [0.29, 0.717) is 17.1 Å². The molecule has 1 heterocycles. The van der Waals surface area contributed by atoms with Gasteiger partial charge in [0.05, 0.1) is 6.54 Å². The second kappa shape index (κ2) is 10.3. The summed E-state index contributed by atoms with van der Waals surface area (Å²) in [5, 5.41) is 0.590. The summed E-state index contributed by atoms with van der Waals surface area (Å²) in [4.78, 5) is 15.1. The normalized spacial score (nSPS) is 10.9. The molecule has 1 amide bonds. The van der Waals surface area contributed by atoms with Gasteiger partial charge in [0, 0.05) is 35.6 Å². The summed E-state index contributed by atoms with van der Waals surface area (Å²) < 4.78 is 2.24. The van der Waals surface area contributed by atoms with Gasteiger partial charge in [0.25, 0.3) is 5.91 Å². The van der Waals surface area contributed by atoms with Gasteiger partial charge in [-0.3, -0.25) is 4.79 Å². The van der Waals surface area contributed by atoms with E-state index >= 15 is 0 Å².